The molecular weight excluding hydrogens is 382 g/mol. The number of nitrogens with zero attached hydrogens (tertiary/aromatic N) is 1. The molecule has 2 atom stereocenters. The van der Waals surface area contributed by atoms with Gasteiger partial charge in [0.05, 0.1) is 6.10 Å². The molecule has 0 bridgehead atoms. The van der Waals surface area contributed by atoms with Crippen molar-refractivity contribution in [1.29, 1.82) is 0 Å². The van der Waals surface area contributed by atoms with Crippen LogP contribution in [0, 0.1) is 0 Å². The highest BCUT2D eigenvalue weighted by atomic mass is 35.5. The normalized spacial score (nSPS) is 14.9. The quantitative estimate of drug-likeness (QED) is 0.430. The Kier molecular flexibility index (Phi) is 7.92. The summed E-state index contributed by atoms with van der Waals surface area (Å²) in [5, 5.41) is 1.02. The molecule has 4 heteroatoms. The summed E-state index contributed by atoms with van der Waals surface area (Å²) in [6, 6.07) is 19.0. The van der Waals surface area contributed by atoms with Gasteiger partial charge < -0.3 is 9.33 Å². The molecule has 2 rings (SSSR count). The van der Waals surface area contributed by atoms with Crippen molar-refractivity contribution in [3.63, 3.8) is 0 Å². The van der Waals surface area contributed by atoms with Gasteiger partial charge in [-0.3, -0.25) is 0 Å². The highest BCUT2D eigenvalue weighted by molar-refractivity contribution is 6.74. The highest BCUT2D eigenvalue weighted by Crippen LogP contribution is 2.41. The first-order chi connectivity index (χ1) is 13.0. The fraction of sp³-hybridized carbons (Fsp3) is 0.500. The first-order valence-electron chi connectivity index (χ1n) is 10.2. The van der Waals surface area contributed by atoms with Crippen LogP contribution in [0.15, 0.2) is 54.6 Å². The second-order valence-corrected chi connectivity index (χ2v) is 14.4. The van der Waals surface area contributed by atoms with Gasteiger partial charge in [0.2, 0.25) is 0 Å². The predicted octanol–water partition coefficient (Wildman–Crippen LogP) is 6.97. The Labute approximate surface area is 178 Å². The predicted molar refractivity (Wildman–Crippen MR) is 125 cm³/mol. The summed E-state index contributed by atoms with van der Waals surface area (Å²) >= 11 is 6.35. The van der Waals surface area contributed by atoms with E-state index in [1.165, 1.54) is 11.1 Å². The lowest BCUT2D eigenvalue weighted by Crippen LogP contribution is -2.46. The third-order valence-electron chi connectivity index (χ3n) is 6.18. The summed E-state index contributed by atoms with van der Waals surface area (Å²) in [6.45, 7) is 14.8. The lowest BCUT2D eigenvalue weighted by molar-refractivity contribution is 0.0812. The maximum Gasteiger partial charge on any atom is 0.192 e. The molecule has 0 spiro atoms. The summed E-state index contributed by atoms with van der Waals surface area (Å²) in [7, 11) is 0.284. The third kappa shape index (κ3) is 5.93. The Balaban J connectivity index is 2.18. The summed E-state index contributed by atoms with van der Waals surface area (Å²) in [5.41, 5.74) is 2.45. The van der Waals surface area contributed by atoms with E-state index in [0.717, 1.165) is 18.0 Å². The third-order valence-corrected chi connectivity index (χ3v) is 11.0. The Bertz CT molecular complexity index is 742. The lowest BCUT2D eigenvalue weighted by Gasteiger charge is -2.43. The van der Waals surface area contributed by atoms with E-state index in [-0.39, 0.29) is 17.2 Å². The van der Waals surface area contributed by atoms with Gasteiger partial charge in [-0.2, -0.15) is 0 Å². The largest absolute Gasteiger partial charge is 0.408 e. The molecule has 0 heterocycles. The molecule has 0 aliphatic carbocycles. The second-order valence-electron chi connectivity index (χ2n) is 9.27. The zero-order valence-corrected chi connectivity index (χ0v) is 20.3. The average molecular weight is 418 g/mol. The molecule has 0 unspecified atom stereocenters. The maximum atomic E-state index is 6.92. The van der Waals surface area contributed by atoms with Gasteiger partial charge in [-0.25, -0.2) is 0 Å². The average Bonchev–Trinajstić information content (AvgIpc) is 2.64. The van der Waals surface area contributed by atoms with E-state index < -0.39 is 8.32 Å². The fourth-order valence-corrected chi connectivity index (χ4v) is 4.57. The molecule has 0 aliphatic rings. The van der Waals surface area contributed by atoms with Crippen LogP contribution < -0.4 is 0 Å². The number of halogens is 1. The summed E-state index contributed by atoms with van der Waals surface area (Å²) < 4.78 is 6.92. The molecule has 0 radical (unpaired) electrons. The van der Waals surface area contributed by atoms with Crippen molar-refractivity contribution in [3.8, 4) is 0 Å². The maximum absolute atomic E-state index is 6.92. The minimum Gasteiger partial charge on any atom is -0.408 e. The number of likely N-dealkylation sites (N-methyl/N-ethyl adjacent to an activating group) is 1. The SMILES string of the molecule is C[C@H]([C@@H](O[Si](C)(C)C(C)(C)C)c1ccccc1)N(C)CCc1ccccc1Cl. The van der Waals surface area contributed by atoms with Crippen LogP contribution in [0.5, 0.6) is 0 Å². The van der Waals surface area contributed by atoms with Crippen LogP contribution in [0.1, 0.15) is 44.9 Å². The van der Waals surface area contributed by atoms with Gasteiger partial charge in [0.15, 0.2) is 8.32 Å². The highest BCUT2D eigenvalue weighted by Gasteiger charge is 2.41. The number of rotatable bonds is 8. The summed E-state index contributed by atoms with van der Waals surface area (Å²) in [6.07, 6.45) is 0.987. The van der Waals surface area contributed by atoms with E-state index in [0.29, 0.717) is 0 Å². The monoisotopic (exact) mass is 417 g/mol. The Morgan fingerprint density at radius 1 is 1.00 bits per heavy atom. The molecule has 28 heavy (non-hydrogen) atoms. The molecule has 0 saturated carbocycles. The molecule has 154 valence electrons. The first kappa shape index (κ1) is 23.1. The molecule has 0 fully saturated rings. The van der Waals surface area contributed by atoms with Gasteiger partial charge >= 0.3 is 0 Å². The van der Waals surface area contributed by atoms with E-state index >= 15 is 0 Å². The van der Waals surface area contributed by atoms with E-state index in [9.17, 15) is 0 Å². The van der Waals surface area contributed by atoms with Gasteiger partial charge in [-0.15, -0.1) is 0 Å². The van der Waals surface area contributed by atoms with E-state index in [1.807, 2.05) is 12.1 Å². The van der Waals surface area contributed by atoms with E-state index in [4.69, 9.17) is 16.0 Å². The molecule has 2 nitrogen and oxygen atoms in total. The van der Waals surface area contributed by atoms with Crippen LogP contribution in [0.3, 0.4) is 0 Å². The van der Waals surface area contributed by atoms with E-state index in [2.05, 4.69) is 95.2 Å². The van der Waals surface area contributed by atoms with Gasteiger partial charge in [0.1, 0.15) is 0 Å². The van der Waals surface area contributed by atoms with Gasteiger partial charge in [-0.1, -0.05) is 80.9 Å². The summed E-state index contributed by atoms with van der Waals surface area (Å²) in [4.78, 5) is 2.40. The van der Waals surface area contributed by atoms with Crippen molar-refractivity contribution < 1.29 is 4.43 Å². The molecule has 0 amide bonds. The zero-order valence-electron chi connectivity index (χ0n) is 18.5. The minimum atomic E-state index is -1.90. The number of hydrogen-bond acceptors (Lipinski definition) is 2. The van der Waals surface area contributed by atoms with Crippen LogP contribution in [0.25, 0.3) is 0 Å². The van der Waals surface area contributed by atoms with Crippen molar-refractivity contribution in [2.24, 2.45) is 0 Å². The lowest BCUT2D eigenvalue weighted by atomic mass is 10.0. The van der Waals surface area contributed by atoms with E-state index in [1.54, 1.807) is 0 Å². The van der Waals surface area contributed by atoms with Gasteiger partial charge in [0, 0.05) is 17.6 Å². The topological polar surface area (TPSA) is 12.5 Å². The molecule has 2 aromatic carbocycles. The molecule has 0 N–H and O–H groups in total. The van der Waals surface area contributed by atoms with Crippen molar-refractivity contribution in [1.82, 2.24) is 4.90 Å². The zero-order chi connectivity index (χ0) is 20.9. The molecule has 0 aromatic heterocycles. The number of hydrogen-bond donors (Lipinski definition) is 0. The van der Waals surface area contributed by atoms with Gasteiger partial charge in [0.25, 0.3) is 0 Å². The van der Waals surface area contributed by atoms with Crippen molar-refractivity contribution in [3.05, 3.63) is 70.7 Å². The summed E-state index contributed by atoms with van der Waals surface area (Å²) in [5.74, 6) is 0. The van der Waals surface area contributed by atoms with Crippen molar-refractivity contribution in [2.45, 2.75) is 64.4 Å². The molecule has 0 aliphatic heterocycles. The fourth-order valence-electron chi connectivity index (χ4n) is 3.01. The van der Waals surface area contributed by atoms with Crippen LogP contribution in [0.4, 0.5) is 0 Å². The van der Waals surface area contributed by atoms with Crippen LogP contribution >= 0.6 is 11.6 Å². The Morgan fingerprint density at radius 2 is 1.57 bits per heavy atom. The molecule has 0 saturated heterocycles. The smallest absolute Gasteiger partial charge is 0.192 e. The minimum absolute atomic E-state index is 0.0540. The second kappa shape index (κ2) is 9.58. The molecule has 2 aromatic rings. The Hall–Kier alpha value is -1.13. The Morgan fingerprint density at radius 3 is 2.14 bits per heavy atom. The first-order valence-corrected chi connectivity index (χ1v) is 13.5. The van der Waals surface area contributed by atoms with Crippen LogP contribution in [-0.2, 0) is 10.8 Å². The van der Waals surface area contributed by atoms with Crippen LogP contribution in [-0.4, -0.2) is 32.9 Å². The van der Waals surface area contributed by atoms with Gasteiger partial charge in [-0.05, 0) is 55.7 Å². The standard InChI is InChI=1S/C24H36ClNOSi/c1-19(26(5)18-17-20-13-11-12-16-22(20)25)23(21-14-9-8-10-15-21)27-28(6,7)24(2,3)4/h8-16,19,23H,17-18H2,1-7H3/t19-,23-/m1/s1. The molecular formula is C24H36ClNOSi. The van der Waals surface area contributed by atoms with Crippen LogP contribution in [0.2, 0.25) is 23.2 Å². The van der Waals surface area contributed by atoms with Crippen molar-refractivity contribution >= 4 is 19.9 Å². The number of benzene rings is 2. The van der Waals surface area contributed by atoms with Crippen molar-refractivity contribution in [2.75, 3.05) is 13.6 Å².